The lowest BCUT2D eigenvalue weighted by Gasteiger charge is -2.16. The van der Waals surface area contributed by atoms with Gasteiger partial charge in [-0.2, -0.15) is 0 Å². The summed E-state index contributed by atoms with van der Waals surface area (Å²) in [5.74, 6) is 0.00484. The zero-order chi connectivity index (χ0) is 29.1. The Hall–Kier alpha value is -5.74. The minimum absolute atomic E-state index is 0.483. The van der Waals surface area contributed by atoms with Crippen molar-refractivity contribution in [2.75, 3.05) is 0 Å². The maximum atomic E-state index is 11.6. The van der Waals surface area contributed by atoms with Crippen molar-refractivity contribution in [2.45, 2.75) is 0 Å². The van der Waals surface area contributed by atoms with Crippen LogP contribution in [0.15, 0.2) is 147 Å². The first-order valence-electron chi connectivity index (χ1n) is 13.5. The van der Waals surface area contributed by atoms with Gasteiger partial charge in [0, 0.05) is 12.2 Å². The minimum atomic E-state index is -0.483. The van der Waals surface area contributed by atoms with Crippen molar-refractivity contribution in [1.29, 1.82) is 0 Å². The Morgan fingerprint density at radius 1 is 0.452 bits per heavy atom. The van der Waals surface area contributed by atoms with Crippen molar-refractivity contribution < 1.29 is 19.1 Å². The Labute approximate surface area is 243 Å². The van der Waals surface area contributed by atoms with Crippen LogP contribution in [-0.2, 0) is 9.59 Å². The van der Waals surface area contributed by atoms with Crippen molar-refractivity contribution in [1.82, 2.24) is 0 Å². The fraction of sp³-hybridized carbons (Fsp3) is 0. The number of carbonyl (C=O) groups is 2. The number of benzene rings is 6. The summed E-state index contributed by atoms with van der Waals surface area (Å²) in [5.41, 5.74) is 6.64. The highest BCUT2D eigenvalue weighted by Crippen LogP contribution is 2.40. The summed E-state index contributed by atoms with van der Waals surface area (Å²) in [4.78, 5) is 23.2. The Morgan fingerprint density at radius 3 is 1.21 bits per heavy atom. The van der Waals surface area contributed by atoms with E-state index in [0.29, 0.717) is 11.5 Å². The van der Waals surface area contributed by atoms with Crippen molar-refractivity contribution >= 4 is 33.5 Å². The second kappa shape index (κ2) is 11.4. The average molecular weight is 547 g/mol. The van der Waals surface area contributed by atoms with E-state index in [1.165, 1.54) is 0 Å². The Kier molecular flexibility index (Phi) is 7.19. The van der Waals surface area contributed by atoms with Crippen LogP contribution >= 0.6 is 0 Å². The fourth-order valence-electron chi connectivity index (χ4n) is 5.16. The SMILES string of the molecule is C=CC(=O)Oc1ccc2cc(-c3ccccc3-c3ccccc3-c3ccc4cc(OC(=O)C=C)ccc4c3)ccc2c1. The Balaban J connectivity index is 1.39. The van der Waals surface area contributed by atoms with Gasteiger partial charge in [0.1, 0.15) is 11.5 Å². The number of carbonyl (C=O) groups excluding carboxylic acids is 2. The van der Waals surface area contributed by atoms with Gasteiger partial charge in [0.25, 0.3) is 0 Å². The molecule has 202 valence electrons. The van der Waals surface area contributed by atoms with Crippen LogP contribution in [0.4, 0.5) is 0 Å². The highest BCUT2D eigenvalue weighted by atomic mass is 16.5. The highest BCUT2D eigenvalue weighted by molar-refractivity contribution is 5.97. The molecule has 0 saturated heterocycles. The molecule has 0 aliphatic carbocycles. The lowest BCUT2D eigenvalue weighted by Crippen LogP contribution is -2.02. The van der Waals surface area contributed by atoms with Gasteiger partial charge in [-0.05, 0) is 91.3 Å². The molecule has 0 heterocycles. The van der Waals surface area contributed by atoms with Crippen LogP contribution in [0.25, 0.3) is 54.9 Å². The van der Waals surface area contributed by atoms with Crippen LogP contribution in [0.3, 0.4) is 0 Å². The zero-order valence-corrected chi connectivity index (χ0v) is 22.7. The number of esters is 2. The molecule has 0 bridgehead atoms. The molecule has 0 radical (unpaired) electrons. The summed E-state index contributed by atoms with van der Waals surface area (Å²) < 4.78 is 10.6. The molecule has 6 rings (SSSR count). The molecule has 4 nitrogen and oxygen atoms in total. The molecule has 6 aromatic rings. The van der Waals surface area contributed by atoms with Gasteiger partial charge in [-0.25, -0.2) is 9.59 Å². The molecule has 0 unspecified atom stereocenters. The molecule has 6 aromatic carbocycles. The third-order valence-electron chi connectivity index (χ3n) is 7.16. The molecule has 0 saturated carbocycles. The predicted octanol–water partition coefficient (Wildman–Crippen LogP) is 9.18. The monoisotopic (exact) mass is 546 g/mol. The van der Waals surface area contributed by atoms with E-state index in [0.717, 1.165) is 67.1 Å². The van der Waals surface area contributed by atoms with E-state index in [9.17, 15) is 9.59 Å². The molecule has 0 fully saturated rings. The summed E-state index contributed by atoms with van der Waals surface area (Å²) in [6.07, 6.45) is 2.30. The lowest BCUT2D eigenvalue weighted by molar-refractivity contribution is -0.129. The van der Waals surface area contributed by atoms with Gasteiger partial charge in [-0.15, -0.1) is 0 Å². The van der Waals surface area contributed by atoms with Crippen molar-refractivity contribution in [3.8, 4) is 44.9 Å². The number of fused-ring (bicyclic) bond motifs is 2. The third-order valence-corrected chi connectivity index (χ3v) is 7.16. The first-order chi connectivity index (χ1) is 20.5. The smallest absolute Gasteiger partial charge is 0.335 e. The van der Waals surface area contributed by atoms with Gasteiger partial charge < -0.3 is 9.47 Å². The molecule has 0 atom stereocenters. The Morgan fingerprint density at radius 2 is 0.810 bits per heavy atom. The van der Waals surface area contributed by atoms with Crippen LogP contribution in [-0.4, -0.2) is 11.9 Å². The van der Waals surface area contributed by atoms with E-state index >= 15 is 0 Å². The third kappa shape index (κ3) is 5.34. The molecule has 0 aliphatic heterocycles. The summed E-state index contributed by atoms with van der Waals surface area (Å²) in [6.45, 7) is 6.92. The van der Waals surface area contributed by atoms with E-state index < -0.39 is 11.9 Å². The second-order valence-electron chi connectivity index (χ2n) is 9.79. The molecule has 4 heteroatoms. The van der Waals surface area contributed by atoms with Crippen LogP contribution in [0, 0.1) is 0 Å². The van der Waals surface area contributed by atoms with Crippen LogP contribution < -0.4 is 9.47 Å². The molecular formula is C38H26O4. The molecule has 0 aromatic heterocycles. The van der Waals surface area contributed by atoms with E-state index in [2.05, 4.69) is 86.0 Å². The maximum Gasteiger partial charge on any atom is 0.335 e. The topological polar surface area (TPSA) is 52.6 Å². The van der Waals surface area contributed by atoms with Gasteiger partial charge >= 0.3 is 11.9 Å². The van der Waals surface area contributed by atoms with Crippen LogP contribution in [0.5, 0.6) is 11.5 Å². The summed E-state index contributed by atoms with van der Waals surface area (Å²) in [5, 5.41) is 4.04. The largest absolute Gasteiger partial charge is 0.423 e. The van der Waals surface area contributed by atoms with Crippen molar-refractivity contribution in [3.05, 3.63) is 147 Å². The lowest BCUT2D eigenvalue weighted by atomic mass is 9.88. The van der Waals surface area contributed by atoms with E-state index in [4.69, 9.17) is 9.47 Å². The molecule has 0 spiro atoms. The normalized spacial score (nSPS) is 10.8. The maximum absolute atomic E-state index is 11.6. The quantitative estimate of drug-likeness (QED) is 0.114. The fourth-order valence-corrected chi connectivity index (χ4v) is 5.16. The number of hydrogen-bond acceptors (Lipinski definition) is 4. The standard InChI is InChI=1S/C38H26O4/c1-3-37(39)41-31-19-17-25-21-29(15-13-27(25)23-31)33-9-5-7-11-35(33)36-12-8-6-10-34(36)30-16-14-28-24-32(42-38(40)4-2)20-18-26(28)22-30/h3-24H,1-2H2. The first kappa shape index (κ1) is 26.5. The van der Waals surface area contributed by atoms with Gasteiger partial charge in [0.2, 0.25) is 0 Å². The van der Waals surface area contributed by atoms with Crippen molar-refractivity contribution in [3.63, 3.8) is 0 Å². The summed E-state index contributed by atoms with van der Waals surface area (Å²) in [7, 11) is 0. The average Bonchev–Trinajstić information content (AvgIpc) is 3.04. The molecule has 0 aliphatic rings. The number of hydrogen-bond donors (Lipinski definition) is 0. The summed E-state index contributed by atoms with van der Waals surface area (Å²) >= 11 is 0. The van der Waals surface area contributed by atoms with Crippen LogP contribution in [0.2, 0.25) is 0 Å². The number of ether oxygens (including phenoxy) is 2. The first-order valence-corrected chi connectivity index (χ1v) is 13.5. The molecule has 0 N–H and O–H groups in total. The molecule has 42 heavy (non-hydrogen) atoms. The highest BCUT2D eigenvalue weighted by Gasteiger charge is 2.14. The second-order valence-corrected chi connectivity index (χ2v) is 9.79. The van der Waals surface area contributed by atoms with Crippen molar-refractivity contribution in [2.24, 2.45) is 0 Å². The minimum Gasteiger partial charge on any atom is -0.423 e. The molecular weight excluding hydrogens is 520 g/mol. The number of rotatable bonds is 7. The van der Waals surface area contributed by atoms with E-state index in [1.807, 2.05) is 36.4 Å². The predicted molar refractivity (Wildman–Crippen MR) is 169 cm³/mol. The van der Waals surface area contributed by atoms with Crippen LogP contribution in [0.1, 0.15) is 0 Å². The van der Waals surface area contributed by atoms with Gasteiger partial charge in [0.05, 0.1) is 0 Å². The van der Waals surface area contributed by atoms with Gasteiger partial charge in [-0.1, -0.05) is 98.1 Å². The van der Waals surface area contributed by atoms with E-state index in [-0.39, 0.29) is 0 Å². The zero-order valence-electron chi connectivity index (χ0n) is 22.7. The van der Waals surface area contributed by atoms with Gasteiger partial charge in [-0.3, -0.25) is 0 Å². The van der Waals surface area contributed by atoms with E-state index in [1.54, 1.807) is 12.1 Å². The molecule has 0 amide bonds. The Bertz CT molecular complexity index is 1870. The summed E-state index contributed by atoms with van der Waals surface area (Å²) in [6, 6.07) is 40.6. The van der Waals surface area contributed by atoms with Gasteiger partial charge in [0.15, 0.2) is 0 Å².